The first-order valence-electron chi connectivity index (χ1n) is 6.49. The van der Waals surface area contributed by atoms with E-state index in [2.05, 4.69) is 26.6 Å². The van der Waals surface area contributed by atoms with Crippen LogP contribution in [-0.4, -0.2) is 6.03 Å². The van der Waals surface area contributed by atoms with Crippen LogP contribution in [0.5, 0.6) is 0 Å². The maximum absolute atomic E-state index is 11.9. The number of nitrogens with one attached hydrogen (secondary N) is 2. The van der Waals surface area contributed by atoms with Gasteiger partial charge in [-0.3, -0.25) is 0 Å². The Balaban J connectivity index is 1.85. The second-order valence-corrected chi connectivity index (χ2v) is 5.50. The molecule has 4 heteroatoms. The number of benzene rings is 2. The van der Waals surface area contributed by atoms with E-state index in [9.17, 15) is 4.79 Å². The molecule has 0 fully saturated rings. The number of hydrogen-bond acceptors (Lipinski definition) is 1. The van der Waals surface area contributed by atoms with Gasteiger partial charge < -0.3 is 10.6 Å². The molecule has 0 radical (unpaired) electrons. The Bertz CT molecular complexity index is 572. The van der Waals surface area contributed by atoms with Crippen molar-refractivity contribution in [3.05, 3.63) is 70.2 Å². The zero-order chi connectivity index (χ0) is 14.4. The highest BCUT2D eigenvalue weighted by Crippen LogP contribution is 2.17. The second-order valence-electron chi connectivity index (χ2n) is 4.59. The minimum Gasteiger partial charge on any atom is -0.334 e. The molecule has 0 heterocycles. The SMILES string of the molecule is C[C@H](NC(=O)NCc1ccccc1)c1cccc(Br)c1. The summed E-state index contributed by atoms with van der Waals surface area (Å²) in [6.07, 6.45) is 0. The number of hydrogen-bond donors (Lipinski definition) is 2. The molecule has 104 valence electrons. The predicted molar refractivity (Wildman–Crippen MR) is 84.4 cm³/mol. The Morgan fingerprint density at radius 3 is 2.60 bits per heavy atom. The first-order valence-corrected chi connectivity index (χ1v) is 7.28. The van der Waals surface area contributed by atoms with Crippen molar-refractivity contribution < 1.29 is 4.79 Å². The smallest absolute Gasteiger partial charge is 0.315 e. The van der Waals surface area contributed by atoms with Gasteiger partial charge in [-0.05, 0) is 30.2 Å². The molecular formula is C16H17BrN2O. The summed E-state index contributed by atoms with van der Waals surface area (Å²) in [6.45, 7) is 2.49. The van der Waals surface area contributed by atoms with Gasteiger partial charge in [0.1, 0.15) is 0 Å². The van der Waals surface area contributed by atoms with Crippen molar-refractivity contribution in [1.82, 2.24) is 10.6 Å². The van der Waals surface area contributed by atoms with Crippen molar-refractivity contribution >= 4 is 22.0 Å². The molecule has 2 aromatic carbocycles. The minimum absolute atomic E-state index is 0.0386. The Morgan fingerprint density at radius 2 is 1.90 bits per heavy atom. The molecule has 20 heavy (non-hydrogen) atoms. The molecular weight excluding hydrogens is 316 g/mol. The van der Waals surface area contributed by atoms with Gasteiger partial charge in [0.2, 0.25) is 0 Å². The largest absolute Gasteiger partial charge is 0.334 e. The molecule has 0 aliphatic rings. The van der Waals surface area contributed by atoms with Crippen LogP contribution in [0.4, 0.5) is 4.79 Å². The van der Waals surface area contributed by atoms with Gasteiger partial charge in [-0.2, -0.15) is 0 Å². The molecule has 0 aliphatic heterocycles. The summed E-state index contributed by atoms with van der Waals surface area (Å²) in [5.74, 6) is 0. The Hall–Kier alpha value is -1.81. The summed E-state index contributed by atoms with van der Waals surface area (Å²) >= 11 is 3.43. The lowest BCUT2D eigenvalue weighted by Gasteiger charge is -2.15. The summed E-state index contributed by atoms with van der Waals surface area (Å²) < 4.78 is 1.01. The lowest BCUT2D eigenvalue weighted by molar-refractivity contribution is 0.237. The van der Waals surface area contributed by atoms with Crippen LogP contribution in [0.25, 0.3) is 0 Å². The number of halogens is 1. The van der Waals surface area contributed by atoms with Crippen molar-refractivity contribution in [2.75, 3.05) is 0 Å². The van der Waals surface area contributed by atoms with E-state index in [0.717, 1.165) is 15.6 Å². The molecule has 3 nitrogen and oxygen atoms in total. The van der Waals surface area contributed by atoms with Crippen molar-refractivity contribution in [2.24, 2.45) is 0 Å². The van der Waals surface area contributed by atoms with Crippen LogP contribution in [0.1, 0.15) is 24.1 Å². The van der Waals surface area contributed by atoms with Crippen LogP contribution in [0.2, 0.25) is 0 Å². The standard InChI is InChI=1S/C16H17BrN2O/c1-12(14-8-5-9-15(17)10-14)19-16(20)18-11-13-6-3-2-4-7-13/h2-10,12H,11H2,1H3,(H2,18,19,20)/t12-/m0/s1. The van der Waals surface area contributed by atoms with E-state index in [1.807, 2.05) is 61.5 Å². The summed E-state index contributed by atoms with van der Waals surface area (Å²) in [6, 6.07) is 17.6. The normalized spacial score (nSPS) is 11.7. The molecule has 0 bridgehead atoms. The lowest BCUT2D eigenvalue weighted by atomic mass is 10.1. The maximum atomic E-state index is 11.9. The second kappa shape index (κ2) is 7.10. The lowest BCUT2D eigenvalue weighted by Crippen LogP contribution is -2.36. The van der Waals surface area contributed by atoms with Crippen molar-refractivity contribution in [3.63, 3.8) is 0 Å². The molecule has 0 saturated carbocycles. The third kappa shape index (κ3) is 4.38. The first-order chi connectivity index (χ1) is 9.65. The van der Waals surface area contributed by atoms with E-state index in [0.29, 0.717) is 6.54 Å². The summed E-state index contributed by atoms with van der Waals surface area (Å²) in [4.78, 5) is 11.9. The minimum atomic E-state index is -0.165. The molecule has 0 aromatic heterocycles. The average Bonchev–Trinajstić information content (AvgIpc) is 2.46. The van der Waals surface area contributed by atoms with E-state index >= 15 is 0 Å². The van der Waals surface area contributed by atoms with E-state index in [4.69, 9.17) is 0 Å². The zero-order valence-electron chi connectivity index (χ0n) is 11.3. The highest BCUT2D eigenvalue weighted by molar-refractivity contribution is 9.10. The number of carbonyl (C=O) groups is 1. The molecule has 0 aliphatic carbocycles. The number of carbonyl (C=O) groups excluding carboxylic acids is 1. The molecule has 0 spiro atoms. The Labute approximate surface area is 127 Å². The maximum Gasteiger partial charge on any atom is 0.315 e. The highest BCUT2D eigenvalue weighted by atomic mass is 79.9. The fraction of sp³-hybridized carbons (Fsp3) is 0.188. The van der Waals surface area contributed by atoms with Gasteiger partial charge in [-0.25, -0.2) is 4.79 Å². The van der Waals surface area contributed by atoms with Crippen LogP contribution >= 0.6 is 15.9 Å². The molecule has 1 atom stereocenters. The van der Waals surface area contributed by atoms with E-state index < -0.39 is 0 Å². The third-order valence-corrected chi connectivity index (χ3v) is 3.49. The number of urea groups is 1. The van der Waals surface area contributed by atoms with Gasteiger partial charge in [0, 0.05) is 11.0 Å². The summed E-state index contributed by atoms with van der Waals surface area (Å²) in [5.41, 5.74) is 2.15. The fourth-order valence-corrected chi connectivity index (χ4v) is 2.30. The molecule has 2 aromatic rings. The van der Waals surface area contributed by atoms with E-state index in [1.54, 1.807) is 0 Å². The van der Waals surface area contributed by atoms with E-state index in [1.165, 1.54) is 0 Å². The quantitative estimate of drug-likeness (QED) is 0.872. The Kier molecular flexibility index (Phi) is 5.18. The van der Waals surface area contributed by atoms with Crippen LogP contribution < -0.4 is 10.6 Å². The molecule has 2 amide bonds. The fourth-order valence-electron chi connectivity index (χ4n) is 1.89. The van der Waals surface area contributed by atoms with Crippen LogP contribution in [0.15, 0.2) is 59.1 Å². The van der Waals surface area contributed by atoms with Gasteiger partial charge in [-0.15, -0.1) is 0 Å². The van der Waals surface area contributed by atoms with Gasteiger partial charge >= 0.3 is 6.03 Å². The van der Waals surface area contributed by atoms with Crippen LogP contribution in [0.3, 0.4) is 0 Å². The average molecular weight is 333 g/mol. The van der Waals surface area contributed by atoms with Gasteiger partial charge in [0.25, 0.3) is 0 Å². The molecule has 0 unspecified atom stereocenters. The van der Waals surface area contributed by atoms with Gasteiger partial charge in [0.15, 0.2) is 0 Å². The summed E-state index contributed by atoms with van der Waals surface area (Å²) in [5, 5.41) is 5.78. The first kappa shape index (κ1) is 14.6. The van der Waals surface area contributed by atoms with Gasteiger partial charge in [-0.1, -0.05) is 58.4 Å². The van der Waals surface area contributed by atoms with Gasteiger partial charge in [0.05, 0.1) is 6.04 Å². The monoisotopic (exact) mass is 332 g/mol. The van der Waals surface area contributed by atoms with Crippen molar-refractivity contribution in [3.8, 4) is 0 Å². The number of amides is 2. The van der Waals surface area contributed by atoms with Crippen molar-refractivity contribution in [2.45, 2.75) is 19.5 Å². The summed E-state index contributed by atoms with van der Waals surface area (Å²) in [7, 11) is 0. The zero-order valence-corrected chi connectivity index (χ0v) is 12.9. The highest BCUT2D eigenvalue weighted by Gasteiger charge is 2.09. The van der Waals surface area contributed by atoms with Crippen LogP contribution in [-0.2, 0) is 6.54 Å². The van der Waals surface area contributed by atoms with Crippen LogP contribution in [0, 0.1) is 0 Å². The van der Waals surface area contributed by atoms with E-state index in [-0.39, 0.29) is 12.1 Å². The Morgan fingerprint density at radius 1 is 1.15 bits per heavy atom. The predicted octanol–water partition coefficient (Wildman–Crippen LogP) is 4.01. The third-order valence-electron chi connectivity index (χ3n) is 2.99. The molecule has 2 N–H and O–H groups in total. The van der Waals surface area contributed by atoms with Crippen molar-refractivity contribution in [1.29, 1.82) is 0 Å². The molecule has 2 rings (SSSR count). The molecule has 0 saturated heterocycles. The number of rotatable bonds is 4. The topological polar surface area (TPSA) is 41.1 Å².